The summed E-state index contributed by atoms with van der Waals surface area (Å²) < 4.78 is 5.55. The summed E-state index contributed by atoms with van der Waals surface area (Å²) in [5.74, 6) is 1.62. The van der Waals surface area contributed by atoms with Crippen LogP contribution >= 0.6 is 0 Å². The highest BCUT2D eigenvalue weighted by molar-refractivity contribution is 4.96. The molecule has 0 saturated heterocycles. The summed E-state index contributed by atoms with van der Waals surface area (Å²) in [7, 11) is 0. The number of nitrogens with two attached hydrogens (primary N) is 1. The lowest BCUT2D eigenvalue weighted by Gasteiger charge is -2.24. The van der Waals surface area contributed by atoms with Crippen molar-refractivity contribution in [3.05, 3.63) is 0 Å². The molecule has 15 heavy (non-hydrogen) atoms. The molecule has 0 aromatic rings. The number of rotatable bonds is 8. The Morgan fingerprint density at radius 3 is 2.67 bits per heavy atom. The van der Waals surface area contributed by atoms with Crippen molar-refractivity contribution in [1.29, 1.82) is 0 Å². The predicted octanol–water partition coefficient (Wildman–Crippen LogP) is 1.13. The number of nitrogens with one attached hydrogen (secondary N) is 1. The molecule has 0 heterocycles. The molecule has 3 N–H and O–H groups in total. The highest BCUT2D eigenvalue weighted by atomic mass is 16.5. The summed E-state index contributed by atoms with van der Waals surface area (Å²) in [4.78, 5) is 0. The van der Waals surface area contributed by atoms with Crippen molar-refractivity contribution in [3.63, 3.8) is 0 Å². The van der Waals surface area contributed by atoms with E-state index in [2.05, 4.69) is 12.2 Å². The summed E-state index contributed by atoms with van der Waals surface area (Å²) in [6.07, 6.45) is 5.37. The van der Waals surface area contributed by atoms with Gasteiger partial charge in [-0.15, -0.1) is 0 Å². The molecular formula is C12H24N2O. The van der Waals surface area contributed by atoms with E-state index in [-0.39, 0.29) is 5.54 Å². The van der Waals surface area contributed by atoms with Crippen LogP contribution < -0.4 is 11.1 Å². The van der Waals surface area contributed by atoms with Crippen molar-refractivity contribution in [1.82, 2.24) is 5.32 Å². The van der Waals surface area contributed by atoms with Gasteiger partial charge in [-0.1, -0.05) is 0 Å². The molecule has 88 valence electrons. The minimum atomic E-state index is -0.00348. The smallest absolute Gasteiger partial charge is 0.0591 e. The second kappa shape index (κ2) is 4.81. The van der Waals surface area contributed by atoms with Crippen LogP contribution in [0, 0.1) is 11.8 Å². The van der Waals surface area contributed by atoms with Crippen molar-refractivity contribution in [2.75, 3.05) is 26.3 Å². The number of hydrogen-bond donors (Lipinski definition) is 2. The Morgan fingerprint density at radius 1 is 1.33 bits per heavy atom. The molecule has 2 rings (SSSR count). The topological polar surface area (TPSA) is 47.3 Å². The van der Waals surface area contributed by atoms with Gasteiger partial charge < -0.3 is 15.8 Å². The van der Waals surface area contributed by atoms with Crippen LogP contribution in [0.25, 0.3) is 0 Å². The first-order valence-electron chi connectivity index (χ1n) is 6.26. The molecular weight excluding hydrogens is 188 g/mol. The molecule has 2 fully saturated rings. The Labute approximate surface area is 92.7 Å². The van der Waals surface area contributed by atoms with Crippen molar-refractivity contribution < 1.29 is 4.74 Å². The molecule has 0 spiro atoms. The quantitative estimate of drug-likeness (QED) is 0.593. The third-order valence-electron chi connectivity index (χ3n) is 3.49. The van der Waals surface area contributed by atoms with Gasteiger partial charge in [0.2, 0.25) is 0 Å². The Morgan fingerprint density at radius 2 is 2.07 bits per heavy atom. The molecule has 0 radical (unpaired) electrons. The van der Waals surface area contributed by atoms with Gasteiger partial charge in [-0.2, -0.15) is 0 Å². The van der Waals surface area contributed by atoms with Crippen LogP contribution in [-0.2, 0) is 4.74 Å². The van der Waals surface area contributed by atoms with E-state index in [0.717, 1.165) is 38.1 Å². The van der Waals surface area contributed by atoms with Gasteiger partial charge in [-0.3, -0.25) is 0 Å². The zero-order valence-corrected chi connectivity index (χ0v) is 9.80. The summed E-state index contributed by atoms with van der Waals surface area (Å²) in [6.45, 7) is 5.81. The molecule has 0 bridgehead atoms. The van der Waals surface area contributed by atoms with Crippen LogP contribution in [0.1, 0.15) is 32.6 Å². The summed E-state index contributed by atoms with van der Waals surface area (Å²) in [5.41, 5.74) is 6.19. The molecule has 3 nitrogen and oxygen atoms in total. The van der Waals surface area contributed by atoms with E-state index < -0.39 is 0 Å². The third-order valence-corrected chi connectivity index (χ3v) is 3.49. The van der Waals surface area contributed by atoms with Gasteiger partial charge in [-0.05, 0) is 44.4 Å². The van der Waals surface area contributed by atoms with E-state index >= 15 is 0 Å². The second-order valence-electron chi connectivity index (χ2n) is 5.48. The summed E-state index contributed by atoms with van der Waals surface area (Å²) in [5, 5.41) is 3.39. The van der Waals surface area contributed by atoms with E-state index in [4.69, 9.17) is 10.5 Å². The van der Waals surface area contributed by atoms with E-state index in [1.807, 2.05) is 0 Å². The Hall–Kier alpha value is -0.120. The zero-order chi connectivity index (χ0) is 10.7. The largest absolute Gasteiger partial charge is 0.380 e. The van der Waals surface area contributed by atoms with Crippen LogP contribution in [0.5, 0.6) is 0 Å². The van der Waals surface area contributed by atoms with Gasteiger partial charge in [0.05, 0.1) is 6.61 Å². The molecule has 1 atom stereocenters. The molecule has 2 aliphatic rings. The first-order chi connectivity index (χ1) is 7.18. The van der Waals surface area contributed by atoms with Gasteiger partial charge in [-0.25, -0.2) is 0 Å². The molecule has 0 aromatic heterocycles. The van der Waals surface area contributed by atoms with Crippen LogP contribution in [0.3, 0.4) is 0 Å². The Balaban J connectivity index is 1.43. The molecule has 0 aromatic carbocycles. The highest BCUT2D eigenvalue weighted by Gasteiger charge is 2.37. The Kier molecular flexibility index (Phi) is 3.65. The molecule has 1 unspecified atom stereocenters. The van der Waals surface area contributed by atoms with Crippen LogP contribution in [-0.4, -0.2) is 31.8 Å². The molecule has 0 aliphatic heterocycles. The number of ether oxygens (including phenoxy) is 1. The minimum Gasteiger partial charge on any atom is -0.380 e. The molecule has 2 aliphatic carbocycles. The molecule has 2 saturated carbocycles. The van der Waals surface area contributed by atoms with Gasteiger partial charge >= 0.3 is 0 Å². The number of hydrogen-bond acceptors (Lipinski definition) is 3. The average molecular weight is 212 g/mol. The van der Waals surface area contributed by atoms with E-state index in [9.17, 15) is 0 Å². The lowest BCUT2D eigenvalue weighted by molar-refractivity contribution is 0.125. The lowest BCUT2D eigenvalue weighted by atomic mass is 9.97. The van der Waals surface area contributed by atoms with Crippen molar-refractivity contribution in [3.8, 4) is 0 Å². The third kappa shape index (κ3) is 4.09. The SMILES string of the molecule is CC(N)(CNCCOCC1CC1)C1CC1. The van der Waals surface area contributed by atoms with Crippen LogP contribution in [0.4, 0.5) is 0 Å². The fraction of sp³-hybridized carbons (Fsp3) is 1.00. The second-order valence-corrected chi connectivity index (χ2v) is 5.48. The first-order valence-corrected chi connectivity index (χ1v) is 6.26. The first kappa shape index (κ1) is 11.4. The fourth-order valence-electron chi connectivity index (χ4n) is 1.92. The van der Waals surface area contributed by atoms with Gasteiger partial charge in [0.1, 0.15) is 0 Å². The maximum absolute atomic E-state index is 6.19. The average Bonchev–Trinajstić information content (AvgIpc) is 3.04. The van der Waals surface area contributed by atoms with Gasteiger partial charge in [0, 0.05) is 25.2 Å². The van der Waals surface area contributed by atoms with Crippen LogP contribution in [0.15, 0.2) is 0 Å². The standard InChI is InChI=1S/C12H24N2O/c1-12(13,11-4-5-11)9-14-6-7-15-8-10-2-3-10/h10-11,14H,2-9,13H2,1H3. The van der Waals surface area contributed by atoms with Crippen molar-refractivity contribution >= 4 is 0 Å². The van der Waals surface area contributed by atoms with Crippen LogP contribution in [0.2, 0.25) is 0 Å². The van der Waals surface area contributed by atoms with E-state index in [1.165, 1.54) is 25.7 Å². The maximum Gasteiger partial charge on any atom is 0.0591 e. The van der Waals surface area contributed by atoms with E-state index in [1.54, 1.807) is 0 Å². The normalized spacial score (nSPS) is 25.2. The van der Waals surface area contributed by atoms with Crippen molar-refractivity contribution in [2.45, 2.75) is 38.1 Å². The fourth-order valence-corrected chi connectivity index (χ4v) is 1.92. The van der Waals surface area contributed by atoms with Gasteiger partial charge in [0.15, 0.2) is 0 Å². The zero-order valence-electron chi connectivity index (χ0n) is 9.80. The minimum absolute atomic E-state index is 0.00348. The molecule has 3 heteroatoms. The summed E-state index contributed by atoms with van der Waals surface area (Å²) in [6, 6.07) is 0. The van der Waals surface area contributed by atoms with Crippen molar-refractivity contribution in [2.24, 2.45) is 17.6 Å². The monoisotopic (exact) mass is 212 g/mol. The highest BCUT2D eigenvalue weighted by Crippen LogP contribution is 2.37. The summed E-state index contributed by atoms with van der Waals surface area (Å²) >= 11 is 0. The molecule has 0 amide bonds. The van der Waals surface area contributed by atoms with E-state index in [0.29, 0.717) is 0 Å². The lowest BCUT2D eigenvalue weighted by Crippen LogP contribution is -2.48. The predicted molar refractivity (Wildman–Crippen MR) is 61.7 cm³/mol. The Bertz CT molecular complexity index is 198. The maximum atomic E-state index is 6.19. The van der Waals surface area contributed by atoms with Gasteiger partial charge in [0.25, 0.3) is 0 Å².